The van der Waals surface area contributed by atoms with Gasteiger partial charge in [-0.3, -0.25) is 9.59 Å². The van der Waals surface area contributed by atoms with E-state index < -0.39 is 17.9 Å². The molecule has 4 heteroatoms. The molecule has 0 heterocycles. The van der Waals surface area contributed by atoms with Gasteiger partial charge in [0.15, 0.2) is 0 Å². The smallest absolute Gasteiger partial charge is 0.307 e. The lowest BCUT2D eigenvalue weighted by Gasteiger charge is -1.99. The first kappa shape index (κ1) is 10.7. The molecule has 0 aliphatic carbocycles. The van der Waals surface area contributed by atoms with E-state index in [1.807, 2.05) is 0 Å². The lowest BCUT2D eigenvalue weighted by molar-refractivity contribution is -0.141. The number of hydrogen-bond donors (Lipinski definition) is 2. The topological polar surface area (TPSA) is 74.6 Å². The number of hydrogen-bond acceptors (Lipinski definition) is 2. The second-order valence-corrected chi connectivity index (χ2v) is 2.54. The van der Waals surface area contributed by atoms with E-state index in [9.17, 15) is 9.59 Å². The van der Waals surface area contributed by atoms with Crippen molar-refractivity contribution in [2.24, 2.45) is 5.92 Å². The van der Waals surface area contributed by atoms with Crippen molar-refractivity contribution in [1.82, 2.24) is 0 Å². The fourth-order valence-electron chi connectivity index (χ4n) is 0.585. The van der Waals surface area contributed by atoms with Crippen molar-refractivity contribution in [2.45, 2.75) is 19.8 Å². The Kier molecular flexibility index (Phi) is 4.76. The van der Waals surface area contributed by atoms with Crippen LogP contribution in [0.15, 0.2) is 12.2 Å². The summed E-state index contributed by atoms with van der Waals surface area (Å²) in [5, 5.41) is 16.7. The Bertz CT molecular complexity index is 195. The molecule has 0 aromatic rings. The summed E-state index contributed by atoms with van der Waals surface area (Å²) < 4.78 is 0. The molecule has 0 saturated carbocycles. The second-order valence-electron chi connectivity index (χ2n) is 2.54. The summed E-state index contributed by atoms with van der Waals surface area (Å²) in [5.41, 5.74) is 0. The minimum atomic E-state index is -0.908. The highest BCUT2D eigenvalue weighted by molar-refractivity contribution is 5.70. The van der Waals surface area contributed by atoms with Gasteiger partial charge in [0.25, 0.3) is 0 Å². The Labute approximate surface area is 70.5 Å². The van der Waals surface area contributed by atoms with Crippen LogP contribution in [0.3, 0.4) is 0 Å². The molecule has 1 unspecified atom stereocenters. The number of carbonyl (C=O) groups is 2. The Hall–Kier alpha value is -1.32. The van der Waals surface area contributed by atoms with Crippen molar-refractivity contribution in [1.29, 1.82) is 0 Å². The number of carboxylic acids is 2. The zero-order valence-corrected chi connectivity index (χ0v) is 6.86. The van der Waals surface area contributed by atoms with Crippen LogP contribution < -0.4 is 0 Å². The van der Waals surface area contributed by atoms with Crippen molar-refractivity contribution >= 4 is 11.9 Å². The number of rotatable bonds is 5. The van der Waals surface area contributed by atoms with Crippen LogP contribution in [0.2, 0.25) is 0 Å². The molecule has 0 amide bonds. The standard InChI is InChI=1S/C8H12O4/c1-6(8(11)12)4-2-3-5-7(9)10/h2-3,6H,4-5H2,1H3,(H,9,10)(H,11,12)/b3-2+. The quantitative estimate of drug-likeness (QED) is 0.609. The average Bonchev–Trinajstić information content (AvgIpc) is 1.97. The molecular formula is C8H12O4. The van der Waals surface area contributed by atoms with E-state index in [-0.39, 0.29) is 6.42 Å². The van der Waals surface area contributed by atoms with Gasteiger partial charge in [-0.15, -0.1) is 0 Å². The van der Waals surface area contributed by atoms with Crippen molar-refractivity contribution in [2.75, 3.05) is 0 Å². The highest BCUT2D eigenvalue weighted by Gasteiger charge is 2.07. The van der Waals surface area contributed by atoms with E-state index in [0.717, 1.165) is 0 Å². The van der Waals surface area contributed by atoms with Gasteiger partial charge < -0.3 is 10.2 Å². The fourth-order valence-corrected chi connectivity index (χ4v) is 0.585. The second kappa shape index (κ2) is 5.35. The molecule has 0 bridgehead atoms. The number of carboxylic acid groups (broad SMARTS) is 2. The highest BCUT2D eigenvalue weighted by atomic mass is 16.4. The van der Waals surface area contributed by atoms with Gasteiger partial charge >= 0.3 is 11.9 Å². The number of aliphatic carboxylic acids is 2. The van der Waals surface area contributed by atoms with Crippen molar-refractivity contribution in [3.8, 4) is 0 Å². The molecule has 0 aliphatic heterocycles. The predicted molar refractivity (Wildman–Crippen MR) is 42.8 cm³/mol. The van der Waals surface area contributed by atoms with Crippen molar-refractivity contribution in [3.63, 3.8) is 0 Å². The Morgan fingerprint density at radius 1 is 1.33 bits per heavy atom. The third-order valence-electron chi connectivity index (χ3n) is 1.37. The summed E-state index contributed by atoms with van der Waals surface area (Å²) in [6.07, 6.45) is 3.36. The SMILES string of the molecule is CC(C/C=C/CC(=O)O)C(=O)O. The maximum atomic E-state index is 10.3. The Morgan fingerprint density at radius 3 is 2.33 bits per heavy atom. The van der Waals surface area contributed by atoms with Crippen LogP contribution in [0.25, 0.3) is 0 Å². The molecule has 0 aromatic heterocycles. The molecular weight excluding hydrogens is 160 g/mol. The molecule has 0 aliphatic rings. The summed E-state index contributed by atoms with van der Waals surface area (Å²) in [6.45, 7) is 1.58. The molecule has 4 nitrogen and oxygen atoms in total. The maximum Gasteiger partial charge on any atom is 0.307 e. The molecule has 0 fully saturated rings. The third-order valence-corrected chi connectivity index (χ3v) is 1.37. The van der Waals surface area contributed by atoms with Gasteiger partial charge in [0.1, 0.15) is 0 Å². The van der Waals surface area contributed by atoms with Gasteiger partial charge in [-0.25, -0.2) is 0 Å². The normalized spacial score (nSPS) is 13.1. The minimum absolute atomic E-state index is 0.0493. The largest absolute Gasteiger partial charge is 0.481 e. The van der Waals surface area contributed by atoms with Crippen LogP contribution in [0.4, 0.5) is 0 Å². The van der Waals surface area contributed by atoms with E-state index in [1.165, 1.54) is 6.08 Å². The molecule has 0 radical (unpaired) electrons. The first-order valence-corrected chi connectivity index (χ1v) is 3.63. The molecule has 2 N–H and O–H groups in total. The van der Waals surface area contributed by atoms with Crippen LogP contribution in [0, 0.1) is 5.92 Å². The van der Waals surface area contributed by atoms with E-state index in [2.05, 4.69) is 0 Å². The predicted octanol–water partition coefficient (Wildman–Crippen LogP) is 1.13. The Morgan fingerprint density at radius 2 is 1.92 bits per heavy atom. The van der Waals surface area contributed by atoms with Crippen molar-refractivity contribution in [3.05, 3.63) is 12.2 Å². The maximum absolute atomic E-state index is 10.3. The van der Waals surface area contributed by atoms with Crippen molar-refractivity contribution < 1.29 is 19.8 Å². The minimum Gasteiger partial charge on any atom is -0.481 e. The van der Waals surface area contributed by atoms with E-state index in [0.29, 0.717) is 6.42 Å². The highest BCUT2D eigenvalue weighted by Crippen LogP contribution is 2.02. The third kappa shape index (κ3) is 5.46. The van der Waals surface area contributed by atoms with E-state index >= 15 is 0 Å². The lowest BCUT2D eigenvalue weighted by Crippen LogP contribution is -2.07. The first-order valence-electron chi connectivity index (χ1n) is 3.63. The van der Waals surface area contributed by atoms with Gasteiger partial charge in [0, 0.05) is 0 Å². The summed E-state index contributed by atoms with van der Waals surface area (Å²) in [4.78, 5) is 20.3. The summed E-state index contributed by atoms with van der Waals surface area (Å²) in [7, 11) is 0. The van der Waals surface area contributed by atoms with Gasteiger partial charge in [0.05, 0.1) is 12.3 Å². The molecule has 0 saturated heterocycles. The molecule has 0 aromatic carbocycles. The Balaban J connectivity index is 3.60. The zero-order chi connectivity index (χ0) is 9.56. The van der Waals surface area contributed by atoms with Crippen LogP contribution in [0.5, 0.6) is 0 Å². The molecule has 12 heavy (non-hydrogen) atoms. The monoisotopic (exact) mass is 172 g/mol. The zero-order valence-electron chi connectivity index (χ0n) is 6.86. The van der Waals surface area contributed by atoms with Gasteiger partial charge in [-0.05, 0) is 6.42 Å². The lowest BCUT2D eigenvalue weighted by atomic mass is 10.1. The fraction of sp³-hybridized carbons (Fsp3) is 0.500. The van der Waals surface area contributed by atoms with Gasteiger partial charge in [-0.2, -0.15) is 0 Å². The van der Waals surface area contributed by atoms with E-state index in [4.69, 9.17) is 10.2 Å². The summed E-state index contributed by atoms with van der Waals surface area (Å²) in [5.74, 6) is -2.22. The number of allylic oxidation sites excluding steroid dienone is 1. The van der Waals surface area contributed by atoms with Gasteiger partial charge in [0.2, 0.25) is 0 Å². The van der Waals surface area contributed by atoms with Crippen LogP contribution in [0.1, 0.15) is 19.8 Å². The first-order chi connectivity index (χ1) is 5.54. The molecule has 0 rings (SSSR count). The van der Waals surface area contributed by atoms with E-state index in [1.54, 1.807) is 13.0 Å². The van der Waals surface area contributed by atoms with Crippen LogP contribution >= 0.6 is 0 Å². The molecule has 1 atom stereocenters. The van der Waals surface area contributed by atoms with Crippen LogP contribution in [-0.2, 0) is 9.59 Å². The molecule has 68 valence electrons. The molecule has 0 spiro atoms. The summed E-state index contributed by atoms with van der Waals surface area (Å²) >= 11 is 0. The summed E-state index contributed by atoms with van der Waals surface area (Å²) in [6, 6.07) is 0. The van der Waals surface area contributed by atoms with Crippen LogP contribution in [-0.4, -0.2) is 22.2 Å². The average molecular weight is 172 g/mol. The van der Waals surface area contributed by atoms with Gasteiger partial charge in [-0.1, -0.05) is 19.1 Å².